The van der Waals surface area contributed by atoms with Crippen molar-refractivity contribution in [3.63, 3.8) is 0 Å². The number of amides is 3. The zero-order chi connectivity index (χ0) is 21.3. The van der Waals surface area contributed by atoms with Crippen molar-refractivity contribution >= 4 is 30.4 Å². The predicted molar refractivity (Wildman–Crippen MR) is 114 cm³/mol. The molecular weight excluding hydrogens is 384 g/mol. The summed E-state index contributed by atoms with van der Waals surface area (Å²) < 4.78 is 1.01. The van der Waals surface area contributed by atoms with Gasteiger partial charge in [-0.25, -0.2) is 25.0 Å². The van der Waals surface area contributed by atoms with E-state index in [0.717, 1.165) is 33.1 Å². The van der Waals surface area contributed by atoms with Crippen molar-refractivity contribution in [1.29, 1.82) is 0 Å². The highest BCUT2D eigenvalue weighted by Crippen LogP contribution is 2.03. The predicted octanol–water partition coefficient (Wildman–Crippen LogP) is 2.64. The first-order chi connectivity index (χ1) is 14.5. The average molecular weight is 404 g/mol. The number of nitrogens with one attached hydrogen (secondary N) is 3. The summed E-state index contributed by atoms with van der Waals surface area (Å²) in [5.41, 5.74) is 8.54. The standard InChI is InChI=1S/C20H20N8O2/c1-14-3-7-16(8-4-14)11-21-26-19(29)24-18-25-23-13-28(18)20(30)27-22-12-17-9-5-15(2)6-10-17/h3-13H,1-2H3,(H,27,30)(H2,24,25,26,29). The number of nitrogens with zero attached hydrogens (tertiary/aromatic N) is 5. The molecule has 0 spiro atoms. The van der Waals surface area contributed by atoms with Crippen molar-refractivity contribution in [3.8, 4) is 0 Å². The van der Waals surface area contributed by atoms with Crippen LogP contribution in [0.25, 0.3) is 0 Å². The van der Waals surface area contributed by atoms with Gasteiger partial charge in [-0.3, -0.25) is 5.32 Å². The van der Waals surface area contributed by atoms with E-state index >= 15 is 0 Å². The number of hydrogen-bond donors (Lipinski definition) is 3. The lowest BCUT2D eigenvalue weighted by Crippen LogP contribution is -2.30. The Morgan fingerprint density at radius 1 is 0.867 bits per heavy atom. The molecule has 0 aliphatic heterocycles. The number of anilines is 1. The normalized spacial score (nSPS) is 11.0. The van der Waals surface area contributed by atoms with Crippen LogP contribution in [0.1, 0.15) is 22.3 Å². The Balaban J connectivity index is 1.53. The van der Waals surface area contributed by atoms with Gasteiger partial charge in [-0.15, -0.1) is 10.2 Å². The van der Waals surface area contributed by atoms with Crippen LogP contribution >= 0.6 is 0 Å². The van der Waals surface area contributed by atoms with E-state index in [4.69, 9.17) is 0 Å². The molecule has 0 bridgehead atoms. The van der Waals surface area contributed by atoms with E-state index in [-0.39, 0.29) is 5.95 Å². The van der Waals surface area contributed by atoms with E-state index in [1.807, 2.05) is 62.4 Å². The maximum Gasteiger partial charge on any atom is 0.350 e. The van der Waals surface area contributed by atoms with Gasteiger partial charge in [0.2, 0.25) is 5.95 Å². The third kappa shape index (κ3) is 5.83. The fraction of sp³-hybridized carbons (Fsp3) is 0.100. The van der Waals surface area contributed by atoms with Crippen molar-refractivity contribution in [2.45, 2.75) is 13.8 Å². The highest BCUT2D eigenvalue weighted by atomic mass is 16.2. The molecule has 0 fully saturated rings. The number of rotatable bonds is 5. The fourth-order valence-corrected chi connectivity index (χ4v) is 2.28. The minimum atomic E-state index is -0.677. The Labute approximate surface area is 172 Å². The van der Waals surface area contributed by atoms with Crippen molar-refractivity contribution < 1.29 is 9.59 Å². The van der Waals surface area contributed by atoms with Gasteiger partial charge in [0.15, 0.2) is 0 Å². The molecule has 30 heavy (non-hydrogen) atoms. The maximum atomic E-state index is 12.2. The number of aromatic nitrogens is 3. The summed E-state index contributed by atoms with van der Waals surface area (Å²) in [6.07, 6.45) is 4.15. The van der Waals surface area contributed by atoms with Crippen molar-refractivity contribution in [1.82, 2.24) is 25.6 Å². The zero-order valence-corrected chi connectivity index (χ0v) is 16.4. The molecule has 3 rings (SSSR count). The molecule has 0 saturated heterocycles. The Morgan fingerprint density at radius 3 is 1.97 bits per heavy atom. The van der Waals surface area contributed by atoms with Gasteiger partial charge in [0.25, 0.3) is 0 Å². The van der Waals surface area contributed by atoms with Crippen LogP contribution in [0.15, 0.2) is 65.1 Å². The van der Waals surface area contributed by atoms with E-state index in [0.29, 0.717) is 0 Å². The van der Waals surface area contributed by atoms with Gasteiger partial charge in [-0.2, -0.15) is 10.2 Å². The number of aryl methyl sites for hydroxylation is 2. The summed E-state index contributed by atoms with van der Waals surface area (Å²) in [5, 5.41) is 17.5. The van der Waals surface area contributed by atoms with Gasteiger partial charge >= 0.3 is 12.1 Å². The molecule has 0 aliphatic rings. The van der Waals surface area contributed by atoms with Gasteiger partial charge in [0.1, 0.15) is 6.33 Å². The zero-order valence-electron chi connectivity index (χ0n) is 16.4. The molecule has 10 heteroatoms. The summed E-state index contributed by atoms with van der Waals surface area (Å²) in [6, 6.07) is 13.9. The smallest absolute Gasteiger partial charge is 0.274 e. The first-order valence-corrected chi connectivity index (χ1v) is 8.98. The number of benzene rings is 2. The average Bonchev–Trinajstić information content (AvgIpc) is 3.19. The molecule has 0 saturated carbocycles. The van der Waals surface area contributed by atoms with E-state index < -0.39 is 12.1 Å². The lowest BCUT2D eigenvalue weighted by Gasteiger charge is -2.05. The van der Waals surface area contributed by atoms with Crippen LogP contribution in [0.5, 0.6) is 0 Å². The molecule has 2 aromatic carbocycles. The lowest BCUT2D eigenvalue weighted by molar-refractivity contribution is 0.243. The van der Waals surface area contributed by atoms with E-state index in [1.54, 1.807) is 0 Å². The SMILES string of the molecule is Cc1ccc(C=NNC(=O)Nc2nncn2C(=O)NN=Cc2ccc(C)cc2)cc1. The third-order valence-corrected chi connectivity index (χ3v) is 3.90. The van der Waals surface area contributed by atoms with Crippen LogP contribution in [-0.2, 0) is 0 Å². The Kier molecular flexibility index (Phi) is 6.62. The van der Waals surface area contributed by atoms with Crippen LogP contribution in [0, 0.1) is 13.8 Å². The second-order valence-corrected chi connectivity index (χ2v) is 6.35. The second kappa shape index (κ2) is 9.73. The minimum Gasteiger partial charge on any atom is -0.274 e. The Bertz CT molecular complexity index is 1070. The van der Waals surface area contributed by atoms with Crippen molar-refractivity contribution in [2.24, 2.45) is 10.2 Å². The van der Waals surface area contributed by atoms with E-state index in [2.05, 4.69) is 36.6 Å². The summed E-state index contributed by atoms with van der Waals surface area (Å²) in [5.74, 6) is -0.0823. The van der Waals surface area contributed by atoms with E-state index in [1.165, 1.54) is 12.4 Å². The lowest BCUT2D eigenvalue weighted by atomic mass is 10.2. The molecule has 1 aromatic heterocycles. The first-order valence-electron chi connectivity index (χ1n) is 8.98. The first kappa shape index (κ1) is 20.4. The van der Waals surface area contributed by atoms with Gasteiger partial charge in [-0.05, 0) is 25.0 Å². The fourth-order valence-electron chi connectivity index (χ4n) is 2.28. The number of carbonyl (C=O) groups excluding carboxylic acids is 2. The van der Waals surface area contributed by atoms with Gasteiger partial charge in [-0.1, -0.05) is 59.7 Å². The molecule has 10 nitrogen and oxygen atoms in total. The van der Waals surface area contributed by atoms with Gasteiger partial charge < -0.3 is 0 Å². The quantitative estimate of drug-likeness (QED) is 0.446. The largest absolute Gasteiger partial charge is 0.350 e. The maximum absolute atomic E-state index is 12.2. The van der Waals surface area contributed by atoms with Crippen LogP contribution < -0.4 is 16.2 Å². The van der Waals surface area contributed by atoms with Crippen LogP contribution in [0.3, 0.4) is 0 Å². The van der Waals surface area contributed by atoms with Gasteiger partial charge in [0, 0.05) is 0 Å². The highest BCUT2D eigenvalue weighted by molar-refractivity contribution is 5.91. The van der Waals surface area contributed by atoms with Crippen molar-refractivity contribution in [2.75, 3.05) is 5.32 Å². The number of urea groups is 1. The van der Waals surface area contributed by atoms with Crippen LogP contribution in [-0.4, -0.2) is 39.3 Å². The van der Waals surface area contributed by atoms with Crippen LogP contribution in [0.4, 0.5) is 15.5 Å². The molecule has 0 aliphatic carbocycles. The number of hydrogen-bond acceptors (Lipinski definition) is 6. The third-order valence-electron chi connectivity index (χ3n) is 3.90. The number of hydrazone groups is 2. The second-order valence-electron chi connectivity index (χ2n) is 6.35. The molecule has 1 heterocycles. The highest BCUT2D eigenvalue weighted by Gasteiger charge is 2.13. The molecule has 0 atom stereocenters. The van der Waals surface area contributed by atoms with Crippen molar-refractivity contribution in [3.05, 3.63) is 77.1 Å². The molecule has 3 amide bonds. The topological polar surface area (TPSA) is 126 Å². The molecule has 0 radical (unpaired) electrons. The molecule has 0 unspecified atom stereocenters. The minimum absolute atomic E-state index is 0.0823. The van der Waals surface area contributed by atoms with E-state index in [9.17, 15) is 9.59 Å². The molecule has 3 aromatic rings. The monoisotopic (exact) mass is 404 g/mol. The summed E-state index contributed by atoms with van der Waals surface area (Å²) in [7, 11) is 0. The summed E-state index contributed by atoms with van der Waals surface area (Å²) in [4.78, 5) is 24.2. The Morgan fingerprint density at radius 2 is 1.40 bits per heavy atom. The van der Waals surface area contributed by atoms with Gasteiger partial charge in [0.05, 0.1) is 12.4 Å². The molecule has 152 valence electrons. The summed E-state index contributed by atoms with van der Waals surface area (Å²) in [6.45, 7) is 3.96. The van der Waals surface area contributed by atoms with Crippen LogP contribution in [0.2, 0.25) is 0 Å². The Hall–Kier alpha value is -4.34. The molecular formula is C20H20N8O2. The summed E-state index contributed by atoms with van der Waals surface area (Å²) >= 11 is 0. The number of carbonyl (C=O) groups is 2. The molecule has 3 N–H and O–H groups in total.